The minimum absolute atomic E-state index is 0.00774. The van der Waals surface area contributed by atoms with Crippen LogP contribution in [0.3, 0.4) is 0 Å². The van der Waals surface area contributed by atoms with Crippen molar-refractivity contribution < 1.29 is 18.0 Å². The Morgan fingerprint density at radius 3 is 2.43 bits per heavy atom. The lowest BCUT2D eigenvalue weighted by molar-refractivity contribution is -0.184. The zero-order chi connectivity index (χ0) is 15.6. The SMILES string of the molecule is O=C(Nc1cc(Br)ccc1Cl)C1CCC(C(F)(F)F)CC1. The second kappa shape index (κ2) is 6.57. The lowest BCUT2D eigenvalue weighted by Gasteiger charge is -2.29. The highest BCUT2D eigenvalue weighted by atomic mass is 79.9. The molecular formula is C14H14BrClF3NO. The fraction of sp³-hybridized carbons (Fsp3) is 0.500. The first-order chi connectivity index (χ1) is 9.77. The summed E-state index contributed by atoms with van der Waals surface area (Å²) in [4.78, 5) is 12.1. The van der Waals surface area contributed by atoms with Crippen molar-refractivity contribution in [2.45, 2.75) is 31.9 Å². The highest BCUT2D eigenvalue weighted by Gasteiger charge is 2.42. The van der Waals surface area contributed by atoms with E-state index in [9.17, 15) is 18.0 Å². The van der Waals surface area contributed by atoms with Gasteiger partial charge in [0.1, 0.15) is 0 Å². The Hall–Kier alpha value is -0.750. The van der Waals surface area contributed by atoms with Crippen LogP contribution in [-0.4, -0.2) is 12.1 Å². The third-order valence-electron chi connectivity index (χ3n) is 3.75. The van der Waals surface area contributed by atoms with E-state index in [1.54, 1.807) is 18.2 Å². The van der Waals surface area contributed by atoms with E-state index in [4.69, 9.17) is 11.6 Å². The van der Waals surface area contributed by atoms with E-state index < -0.39 is 18.0 Å². The topological polar surface area (TPSA) is 29.1 Å². The van der Waals surface area contributed by atoms with Gasteiger partial charge in [0.2, 0.25) is 5.91 Å². The zero-order valence-electron chi connectivity index (χ0n) is 11.0. The van der Waals surface area contributed by atoms with Crippen LogP contribution in [0.5, 0.6) is 0 Å². The van der Waals surface area contributed by atoms with E-state index in [-0.39, 0.29) is 31.6 Å². The summed E-state index contributed by atoms with van der Waals surface area (Å²) in [6, 6.07) is 5.05. The monoisotopic (exact) mass is 383 g/mol. The molecule has 2 rings (SSSR count). The van der Waals surface area contributed by atoms with Gasteiger partial charge in [-0.15, -0.1) is 0 Å². The Balaban J connectivity index is 1.95. The predicted molar refractivity (Wildman–Crippen MR) is 79.3 cm³/mol. The number of alkyl halides is 3. The fourth-order valence-electron chi connectivity index (χ4n) is 2.51. The minimum atomic E-state index is -4.16. The maximum Gasteiger partial charge on any atom is 0.391 e. The van der Waals surface area contributed by atoms with Gasteiger partial charge in [-0.1, -0.05) is 27.5 Å². The molecule has 1 amide bonds. The van der Waals surface area contributed by atoms with Crippen molar-refractivity contribution in [3.63, 3.8) is 0 Å². The molecule has 0 spiro atoms. The van der Waals surface area contributed by atoms with E-state index in [2.05, 4.69) is 21.2 Å². The number of carbonyl (C=O) groups excluding carboxylic acids is 1. The number of rotatable bonds is 2. The van der Waals surface area contributed by atoms with Crippen molar-refractivity contribution in [1.29, 1.82) is 0 Å². The van der Waals surface area contributed by atoms with E-state index in [0.29, 0.717) is 10.7 Å². The highest BCUT2D eigenvalue weighted by Crippen LogP contribution is 2.40. The predicted octanol–water partition coefficient (Wildman–Crippen LogP) is 5.41. The maximum absolute atomic E-state index is 12.6. The van der Waals surface area contributed by atoms with Crippen LogP contribution in [0.15, 0.2) is 22.7 Å². The summed E-state index contributed by atoms with van der Waals surface area (Å²) >= 11 is 9.25. The molecule has 0 atom stereocenters. The van der Waals surface area contributed by atoms with Crippen molar-refractivity contribution >= 4 is 39.1 Å². The smallest absolute Gasteiger partial charge is 0.324 e. The molecule has 0 heterocycles. The summed E-state index contributed by atoms with van der Waals surface area (Å²) in [7, 11) is 0. The number of benzene rings is 1. The number of halogens is 5. The summed E-state index contributed by atoms with van der Waals surface area (Å²) in [5.41, 5.74) is 0.467. The van der Waals surface area contributed by atoms with Gasteiger partial charge in [0.05, 0.1) is 16.6 Å². The van der Waals surface area contributed by atoms with Crippen LogP contribution in [0.4, 0.5) is 18.9 Å². The maximum atomic E-state index is 12.6. The second-order valence-electron chi connectivity index (χ2n) is 5.20. The van der Waals surface area contributed by atoms with Crippen molar-refractivity contribution in [3.05, 3.63) is 27.7 Å². The molecule has 1 aromatic rings. The molecule has 1 saturated carbocycles. The first-order valence-electron chi connectivity index (χ1n) is 6.60. The van der Waals surface area contributed by atoms with E-state index >= 15 is 0 Å². The van der Waals surface area contributed by atoms with Crippen LogP contribution in [0, 0.1) is 11.8 Å². The van der Waals surface area contributed by atoms with Gasteiger partial charge < -0.3 is 5.32 Å². The molecule has 7 heteroatoms. The molecule has 0 radical (unpaired) electrons. The molecule has 2 nitrogen and oxygen atoms in total. The van der Waals surface area contributed by atoms with Crippen LogP contribution >= 0.6 is 27.5 Å². The normalized spacial score (nSPS) is 22.9. The molecule has 0 unspecified atom stereocenters. The molecule has 116 valence electrons. The number of nitrogens with one attached hydrogen (secondary N) is 1. The number of carbonyl (C=O) groups is 1. The van der Waals surface area contributed by atoms with Crippen LogP contribution in [0.1, 0.15) is 25.7 Å². The van der Waals surface area contributed by atoms with E-state index in [1.165, 1.54) is 0 Å². The van der Waals surface area contributed by atoms with Crippen molar-refractivity contribution in [3.8, 4) is 0 Å². The summed E-state index contributed by atoms with van der Waals surface area (Å²) in [5.74, 6) is -1.94. The molecule has 1 N–H and O–H groups in total. The molecule has 0 saturated heterocycles. The van der Waals surface area contributed by atoms with E-state index in [1.807, 2.05) is 0 Å². The Morgan fingerprint density at radius 2 is 1.86 bits per heavy atom. The lowest BCUT2D eigenvalue weighted by atomic mass is 9.81. The Kier molecular flexibility index (Phi) is 5.20. The quantitative estimate of drug-likeness (QED) is 0.726. The van der Waals surface area contributed by atoms with Crippen LogP contribution < -0.4 is 5.32 Å². The molecule has 1 aliphatic rings. The Morgan fingerprint density at radius 1 is 1.24 bits per heavy atom. The summed E-state index contributed by atoms with van der Waals surface area (Å²) in [5, 5.41) is 3.09. The molecule has 1 aromatic carbocycles. The first kappa shape index (κ1) is 16.6. The van der Waals surface area contributed by atoms with Crippen LogP contribution in [0.25, 0.3) is 0 Å². The van der Waals surface area contributed by atoms with Crippen molar-refractivity contribution in [2.75, 3.05) is 5.32 Å². The summed E-state index contributed by atoms with van der Waals surface area (Å²) < 4.78 is 38.5. The van der Waals surface area contributed by atoms with Gasteiger partial charge in [-0.3, -0.25) is 4.79 Å². The van der Waals surface area contributed by atoms with Crippen molar-refractivity contribution in [2.24, 2.45) is 11.8 Å². The number of amides is 1. The molecule has 0 aliphatic heterocycles. The highest BCUT2D eigenvalue weighted by molar-refractivity contribution is 9.10. The van der Waals surface area contributed by atoms with E-state index in [0.717, 1.165) is 4.47 Å². The summed E-state index contributed by atoms with van der Waals surface area (Å²) in [6.45, 7) is 0. The molecular weight excluding hydrogens is 371 g/mol. The average molecular weight is 385 g/mol. The van der Waals surface area contributed by atoms with Gasteiger partial charge in [0.25, 0.3) is 0 Å². The molecule has 1 fully saturated rings. The lowest BCUT2D eigenvalue weighted by Crippen LogP contribution is -2.32. The van der Waals surface area contributed by atoms with Gasteiger partial charge in [-0.05, 0) is 43.9 Å². The number of anilines is 1. The van der Waals surface area contributed by atoms with Gasteiger partial charge in [0.15, 0.2) is 0 Å². The van der Waals surface area contributed by atoms with Gasteiger partial charge in [-0.2, -0.15) is 13.2 Å². The van der Waals surface area contributed by atoms with Crippen molar-refractivity contribution in [1.82, 2.24) is 0 Å². The zero-order valence-corrected chi connectivity index (χ0v) is 13.4. The summed E-state index contributed by atoms with van der Waals surface area (Å²) in [6.07, 6.45) is -3.64. The Bertz CT molecular complexity index is 527. The minimum Gasteiger partial charge on any atom is -0.324 e. The van der Waals surface area contributed by atoms with Crippen LogP contribution in [-0.2, 0) is 4.79 Å². The van der Waals surface area contributed by atoms with Gasteiger partial charge in [0, 0.05) is 10.4 Å². The Labute approximate surface area is 134 Å². The average Bonchev–Trinajstić information content (AvgIpc) is 2.42. The number of hydrogen-bond donors (Lipinski definition) is 1. The molecule has 0 aromatic heterocycles. The largest absolute Gasteiger partial charge is 0.391 e. The second-order valence-corrected chi connectivity index (χ2v) is 6.53. The molecule has 0 bridgehead atoms. The standard InChI is InChI=1S/C14H14BrClF3NO/c15-10-5-6-11(16)12(7-10)20-13(21)8-1-3-9(4-2-8)14(17,18)19/h5-9H,1-4H2,(H,20,21). The fourth-order valence-corrected chi connectivity index (χ4v) is 3.04. The van der Waals surface area contributed by atoms with Gasteiger partial charge in [-0.25, -0.2) is 0 Å². The molecule has 21 heavy (non-hydrogen) atoms. The third kappa shape index (κ3) is 4.36. The van der Waals surface area contributed by atoms with Crippen LogP contribution in [0.2, 0.25) is 5.02 Å². The molecule has 1 aliphatic carbocycles. The first-order valence-corrected chi connectivity index (χ1v) is 7.77. The number of hydrogen-bond acceptors (Lipinski definition) is 1. The van der Waals surface area contributed by atoms with Gasteiger partial charge >= 0.3 is 6.18 Å². The third-order valence-corrected chi connectivity index (χ3v) is 4.57.